The second-order valence-corrected chi connectivity index (χ2v) is 10.6. The number of rotatable bonds is 4. The number of carbonyl (C=O) groups is 1. The molecule has 5 atom stereocenters. The summed E-state index contributed by atoms with van der Waals surface area (Å²) < 4.78 is 20.0. The van der Waals surface area contributed by atoms with Crippen LogP contribution in [0.1, 0.15) is 57.9 Å². The lowest BCUT2D eigenvalue weighted by Gasteiger charge is -2.41. The second-order valence-electron chi connectivity index (χ2n) is 10.6. The third-order valence-electron chi connectivity index (χ3n) is 7.08. The van der Waals surface area contributed by atoms with Crippen molar-refractivity contribution < 1.29 is 13.9 Å². The Labute approximate surface area is 162 Å². The van der Waals surface area contributed by atoms with Gasteiger partial charge < -0.3 is 9.64 Å². The first kappa shape index (κ1) is 18.9. The highest BCUT2D eigenvalue weighted by molar-refractivity contribution is 5.77. The van der Waals surface area contributed by atoms with E-state index < -0.39 is 5.41 Å². The Balaban J connectivity index is 1.63. The molecule has 27 heavy (non-hydrogen) atoms. The monoisotopic (exact) mass is 373 g/mol. The topological polar surface area (TPSA) is 29.5 Å². The summed E-state index contributed by atoms with van der Waals surface area (Å²) >= 11 is 0. The summed E-state index contributed by atoms with van der Waals surface area (Å²) in [5, 5.41) is 0. The second kappa shape index (κ2) is 6.30. The van der Waals surface area contributed by atoms with Gasteiger partial charge in [-0.05, 0) is 107 Å². The largest absolute Gasteiger partial charge is 0.426 e. The van der Waals surface area contributed by atoms with Gasteiger partial charge in [0.1, 0.15) is 11.6 Å². The van der Waals surface area contributed by atoms with E-state index in [1.54, 1.807) is 6.07 Å². The zero-order valence-corrected chi connectivity index (χ0v) is 17.2. The molecule has 3 saturated carbocycles. The molecule has 0 N–H and O–H groups in total. The summed E-state index contributed by atoms with van der Waals surface area (Å²) in [4.78, 5) is 14.5. The van der Waals surface area contributed by atoms with Crippen molar-refractivity contribution in [1.82, 2.24) is 4.90 Å². The minimum Gasteiger partial charge on any atom is -0.426 e. The summed E-state index contributed by atoms with van der Waals surface area (Å²) in [5.41, 5.74) is 0.923. The molecule has 0 radical (unpaired) electrons. The van der Waals surface area contributed by atoms with Crippen LogP contribution in [0.2, 0.25) is 0 Å². The van der Waals surface area contributed by atoms with Gasteiger partial charge >= 0.3 is 5.97 Å². The molecule has 3 fully saturated rings. The smallest absolute Gasteiger partial charge is 0.316 e. The lowest BCUT2D eigenvalue weighted by molar-refractivity contribution is -0.143. The van der Waals surface area contributed by atoms with E-state index in [9.17, 15) is 9.18 Å². The van der Waals surface area contributed by atoms with Crippen molar-refractivity contribution in [2.45, 2.75) is 52.4 Å². The van der Waals surface area contributed by atoms with Gasteiger partial charge in [0.05, 0.1) is 5.41 Å². The molecule has 1 aromatic rings. The van der Waals surface area contributed by atoms with Crippen molar-refractivity contribution in [1.29, 1.82) is 0 Å². The van der Waals surface area contributed by atoms with E-state index >= 15 is 0 Å². The average molecular weight is 374 g/mol. The quantitative estimate of drug-likeness (QED) is 0.558. The summed E-state index contributed by atoms with van der Waals surface area (Å²) in [5.74, 6) is 2.24. The molecule has 3 aliphatic rings. The van der Waals surface area contributed by atoms with Gasteiger partial charge in [0.25, 0.3) is 0 Å². The van der Waals surface area contributed by atoms with Crippen LogP contribution in [0.15, 0.2) is 18.2 Å². The van der Waals surface area contributed by atoms with Gasteiger partial charge in [-0.1, -0.05) is 0 Å². The number of esters is 1. The van der Waals surface area contributed by atoms with E-state index in [0.29, 0.717) is 23.0 Å². The highest BCUT2D eigenvalue weighted by Crippen LogP contribution is 2.74. The zero-order chi connectivity index (χ0) is 19.6. The molecule has 3 nitrogen and oxygen atoms in total. The number of ether oxygens (including phenoxy) is 1. The van der Waals surface area contributed by atoms with E-state index in [1.165, 1.54) is 25.3 Å². The van der Waals surface area contributed by atoms with Gasteiger partial charge in [0, 0.05) is 12.6 Å². The molecule has 3 aliphatic carbocycles. The molecule has 5 unspecified atom stereocenters. The Morgan fingerprint density at radius 3 is 2.63 bits per heavy atom. The Hall–Kier alpha value is -1.42. The molecule has 0 saturated heterocycles. The van der Waals surface area contributed by atoms with Crippen LogP contribution >= 0.6 is 0 Å². The van der Waals surface area contributed by atoms with Crippen molar-refractivity contribution in [2.24, 2.45) is 28.6 Å². The fourth-order valence-corrected chi connectivity index (χ4v) is 5.74. The van der Waals surface area contributed by atoms with Crippen molar-refractivity contribution in [2.75, 3.05) is 20.6 Å². The van der Waals surface area contributed by atoms with Crippen LogP contribution in [0.5, 0.6) is 5.75 Å². The molecule has 1 spiro atoms. The minimum absolute atomic E-state index is 0.310. The van der Waals surface area contributed by atoms with Crippen LogP contribution in [-0.2, 0) is 4.79 Å². The van der Waals surface area contributed by atoms with Gasteiger partial charge in [-0.25, -0.2) is 4.39 Å². The number of hydrogen-bond acceptors (Lipinski definition) is 3. The molecule has 0 amide bonds. The summed E-state index contributed by atoms with van der Waals surface area (Å²) in [6.07, 6.45) is 5.21. The van der Waals surface area contributed by atoms with Gasteiger partial charge in [-0.2, -0.15) is 0 Å². The first-order valence-electron chi connectivity index (χ1n) is 10.2. The zero-order valence-electron chi connectivity index (χ0n) is 17.2. The van der Waals surface area contributed by atoms with E-state index in [4.69, 9.17) is 4.74 Å². The predicted molar refractivity (Wildman–Crippen MR) is 104 cm³/mol. The predicted octanol–water partition coefficient (Wildman–Crippen LogP) is 4.86. The minimum atomic E-state index is -0.607. The Kier molecular flexibility index (Phi) is 4.41. The lowest BCUT2D eigenvalue weighted by Crippen LogP contribution is -2.36. The number of fused-ring (bicyclic) bond motifs is 1. The Morgan fingerprint density at radius 2 is 1.96 bits per heavy atom. The molecule has 0 aromatic heterocycles. The Bertz CT molecular complexity index is 753. The maximum atomic E-state index is 14.4. The van der Waals surface area contributed by atoms with Gasteiger partial charge in [-0.3, -0.25) is 4.79 Å². The van der Waals surface area contributed by atoms with Crippen molar-refractivity contribution >= 4 is 5.97 Å². The van der Waals surface area contributed by atoms with Crippen molar-refractivity contribution in [3.8, 4) is 5.75 Å². The summed E-state index contributed by atoms with van der Waals surface area (Å²) in [6, 6.07) is 4.92. The number of benzene rings is 1. The normalized spacial score (nSPS) is 34.5. The first-order valence-corrected chi connectivity index (χ1v) is 10.2. The SMILES string of the molecule is CN(C)CC1C2CC3CC3(C2)CC1c1cc(F)cc(OC(=O)C(C)(C)C)c1. The third-order valence-corrected chi connectivity index (χ3v) is 7.08. The highest BCUT2D eigenvalue weighted by atomic mass is 19.1. The molecule has 4 rings (SSSR count). The molecule has 0 heterocycles. The molecule has 4 heteroatoms. The van der Waals surface area contributed by atoms with Crippen LogP contribution in [0.25, 0.3) is 0 Å². The molecular formula is C23H32FNO2. The molecule has 2 bridgehead atoms. The van der Waals surface area contributed by atoms with Crippen LogP contribution in [-0.4, -0.2) is 31.5 Å². The number of nitrogens with zero attached hydrogens (tertiary/aromatic N) is 1. The fourth-order valence-electron chi connectivity index (χ4n) is 5.74. The highest BCUT2D eigenvalue weighted by Gasteiger charge is 2.65. The van der Waals surface area contributed by atoms with Gasteiger partial charge in [0.15, 0.2) is 0 Å². The van der Waals surface area contributed by atoms with E-state index in [0.717, 1.165) is 30.4 Å². The lowest BCUT2D eigenvalue weighted by atomic mass is 9.66. The van der Waals surface area contributed by atoms with Crippen LogP contribution < -0.4 is 4.74 Å². The summed E-state index contributed by atoms with van der Waals surface area (Å²) in [6.45, 7) is 6.47. The standard InChI is InChI=1S/C23H32FNO2/c1-22(2,3)21(26)27-18-8-14(7-17(24)9-18)19-12-23-10-15(6-16(23)11-23)20(19)13-25(4)5/h7-9,15-16,19-20H,6,10-13H2,1-5H3. The molecule has 1 aromatic carbocycles. The van der Waals surface area contributed by atoms with Crippen LogP contribution in [0, 0.1) is 34.4 Å². The van der Waals surface area contributed by atoms with E-state index in [2.05, 4.69) is 19.0 Å². The van der Waals surface area contributed by atoms with Crippen molar-refractivity contribution in [3.05, 3.63) is 29.6 Å². The third kappa shape index (κ3) is 3.53. The van der Waals surface area contributed by atoms with Gasteiger partial charge in [0.2, 0.25) is 0 Å². The fraction of sp³-hybridized carbons (Fsp3) is 0.696. The van der Waals surface area contributed by atoms with Crippen molar-refractivity contribution in [3.63, 3.8) is 0 Å². The average Bonchev–Trinajstić information content (AvgIpc) is 3.10. The molecular weight excluding hydrogens is 341 g/mol. The number of hydrogen-bond donors (Lipinski definition) is 0. The first-order chi connectivity index (χ1) is 12.6. The van der Waals surface area contributed by atoms with Gasteiger partial charge in [-0.15, -0.1) is 0 Å². The maximum Gasteiger partial charge on any atom is 0.316 e. The number of carbonyl (C=O) groups excluding carboxylic acids is 1. The Morgan fingerprint density at radius 1 is 1.22 bits per heavy atom. The maximum absolute atomic E-state index is 14.4. The van der Waals surface area contributed by atoms with Crippen LogP contribution in [0.3, 0.4) is 0 Å². The molecule has 0 aliphatic heterocycles. The molecule has 148 valence electrons. The number of halogens is 1. The van der Waals surface area contributed by atoms with E-state index in [1.807, 2.05) is 26.8 Å². The van der Waals surface area contributed by atoms with Crippen LogP contribution in [0.4, 0.5) is 4.39 Å². The summed E-state index contributed by atoms with van der Waals surface area (Å²) in [7, 11) is 4.25. The van der Waals surface area contributed by atoms with E-state index in [-0.39, 0.29) is 11.8 Å².